The third-order valence-corrected chi connectivity index (χ3v) is 3.03. The molecule has 1 heterocycles. The number of halogens is 1. The molecule has 0 unspecified atom stereocenters. The average molecular weight is 237 g/mol. The van der Waals surface area contributed by atoms with Crippen LogP contribution in [0.5, 0.6) is 0 Å². The van der Waals surface area contributed by atoms with Gasteiger partial charge >= 0.3 is 0 Å². The fourth-order valence-corrected chi connectivity index (χ4v) is 2.10. The minimum Gasteiger partial charge on any atom is -0.366 e. The molecule has 0 saturated carbocycles. The lowest BCUT2D eigenvalue weighted by Crippen LogP contribution is -2.26. The van der Waals surface area contributed by atoms with Gasteiger partial charge in [-0.05, 0) is 24.6 Å². The molecular weight excluding hydrogens is 221 g/mol. The molecule has 0 bridgehead atoms. The molecule has 92 valence electrons. The van der Waals surface area contributed by atoms with Crippen LogP contribution < -0.4 is 11.5 Å². The van der Waals surface area contributed by atoms with Crippen LogP contribution in [0.4, 0.5) is 4.39 Å². The lowest BCUT2D eigenvalue weighted by atomic mass is 10.1. The summed E-state index contributed by atoms with van der Waals surface area (Å²) in [6.07, 6.45) is 0.928. The van der Waals surface area contributed by atoms with Crippen molar-refractivity contribution in [1.82, 2.24) is 4.90 Å². The maximum Gasteiger partial charge on any atom is 0.248 e. The summed E-state index contributed by atoms with van der Waals surface area (Å²) in [4.78, 5) is 13.1. The molecule has 0 aliphatic carbocycles. The molecule has 4 N–H and O–H groups in total. The van der Waals surface area contributed by atoms with Crippen LogP contribution in [0.15, 0.2) is 18.2 Å². The summed E-state index contributed by atoms with van der Waals surface area (Å²) in [7, 11) is 0. The van der Waals surface area contributed by atoms with E-state index in [2.05, 4.69) is 4.90 Å². The zero-order chi connectivity index (χ0) is 12.4. The first-order valence-electron chi connectivity index (χ1n) is 5.62. The van der Waals surface area contributed by atoms with E-state index >= 15 is 0 Å². The van der Waals surface area contributed by atoms with E-state index in [1.165, 1.54) is 18.2 Å². The predicted molar refractivity (Wildman–Crippen MR) is 62.8 cm³/mol. The molecule has 1 aliphatic heterocycles. The van der Waals surface area contributed by atoms with Gasteiger partial charge in [0.25, 0.3) is 0 Å². The Morgan fingerprint density at radius 3 is 2.88 bits per heavy atom. The van der Waals surface area contributed by atoms with E-state index in [0.29, 0.717) is 17.7 Å². The fraction of sp³-hybridized carbons (Fsp3) is 0.417. The van der Waals surface area contributed by atoms with E-state index < -0.39 is 5.91 Å². The van der Waals surface area contributed by atoms with E-state index in [4.69, 9.17) is 11.5 Å². The number of carbonyl (C=O) groups is 1. The average Bonchev–Trinajstić information content (AvgIpc) is 2.67. The molecule has 1 atom stereocenters. The van der Waals surface area contributed by atoms with Gasteiger partial charge in [0.1, 0.15) is 5.82 Å². The maximum absolute atomic E-state index is 13.6. The Morgan fingerprint density at radius 2 is 2.29 bits per heavy atom. The first kappa shape index (κ1) is 12.0. The number of carbonyl (C=O) groups excluding carboxylic acids is 1. The number of hydrogen-bond donors (Lipinski definition) is 2. The second-order valence-electron chi connectivity index (χ2n) is 4.45. The van der Waals surface area contributed by atoms with Gasteiger partial charge in [0.05, 0.1) is 0 Å². The number of nitrogens with zero attached hydrogens (tertiary/aromatic N) is 1. The smallest absolute Gasteiger partial charge is 0.248 e. The van der Waals surface area contributed by atoms with E-state index in [9.17, 15) is 9.18 Å². The van der Waals surface area contributed by atoms with Crippen molar-refractivity contribution in [2.45, 2.75) is 19.0 Å². The van der Waals surface area contributed by atoms with Crippen LogP contribution in [0, 0.1) is 5.82 Å². The van der Waals surface area contributed by atoms with E-state index in [-0.39, 0.29) is 11.9 Å². The quantitative estimate of drug-likeness (QED) is 0.802. The van der Waals surface area contributed by atoms with Crippen LogP contribution in [0.25, 0.3) is 0 Å². The molecule has 1 amide bonds. The van der Waals surface area contributed by atoms with Crippen molar-refractivity contribution in [1.29, 1.82) is 0 Å². The van der Waals surface area contributed by atoms with Crippen LogP contribution in [-0.4, -0.2) is 29.9 Å². The SMILES string of the molecule is NC(=O)c1ccc(F)c(CN2CC[C@@H](N)C2)c1. The molecule has 4 nitrogen and oxygen atoms in total. The van der Waals surface area contributed by atoms with Gasteiger partial charge in [0.2, 0.25) is 5.91 Å². The van der Waals surface area contributed by atoms with Crippen LogP contribution in [0.3, 0.4) is 0 Å². The highest BCUT2D eigenvalue weighted by Crippen LogP contribution is 2.16. The molecule has 1 aromatic rings. The first-order chi connectivity index (χ1) is 8.06. The Balaban J connectivity index is 2.14. The van der Waals surface area contributed by atoms with Gasteiger partial charge in [-0.2, -0.15) is 0 Å². The minimum atomic E-state index is -0.538. The molecule has 0 spiro atoms. The predicted octanol–water partition coefficient (Wildman–Crippen LogP) is 0.458. The Morgan fingerprint density at radius 1 is 1.53 bits per heavy atom. The third kappa shape index (κ3) is 2.81. The normalized spacial score (nSPS) is 20.7. The summed E-state index contributed by atoms with van der Waals surface area (Å²) < 4.78 is 13.6. The van der Waals surface area contributed by atoms with E-state index in [0.717, 1.165) is 19.5 Å². The number of benzene rings is 1. The van der Waals surface area contributed by atoms with Crippen LogP contribution in [-0.2, 0) is 6.54 Å². The van der Waals surface area contributed by atoms with Gasteiger partial charge in [-0.3, -0.25) is 9.69 Å². The monoisotopic (exact) mass is 237 g/mol. The van der Waals surface area contributed by atoms with Crippen LogP contribution in [0.2, 0.25) is 0 Å². The van der Waals surface area contributed by atoms with Crippen molar-refractivity contribution in [2.24, 2.45) is 11.5 Å². The zero-order valence-corrected chi connectivity index (χ0v) is 9.53. The van der Waals surface area contributed by atoms with Crippen molar-refractivity contribution in [3.63, 3.8) is 0 Å². The van der Waals surface area contributed by atoms with E-state index in [1.807, 2.05) is 0 Å². The Hall–Kier alpha value is -1.46. The summed E-state index contributed by atoms with van der Waals surface area (Å²) in [6, 6.07) is 4.36. The van der Waals surface area contributed by atoms with Crippen LogP contribution >= 0.6 is 0 Å². The summed E-state index contributed by atoms with van der Waals surface area (Å²) in [6.45, 7) is 2.10. The van der Waals surface area contributed by atoms with Gasteiger partial charge in [-0.25, -0.2) is 4.39 Å². The second-order valence-corrected chi connectivity index (χ2v) is 4.45. The molecular formula is C12H16FN3O. The highest BCUT2D eigenvalue weighted by Gasteiger charge is 2.20. The molecule has 1 aliphatic rings. The first-order valence-corrected chi connectivity index (χ1v) is 5.62. The molecule has 0 radical (unpaired) electrons. The van der Waals surface area contributed by atoms with Crippen LogP contribution in [0.1, 0.15) is 22.3 Å². The van der Waals surface area contributed by atoms with Gasteiger partial charge in [-0.1, -0.05) is 0 Å². The molecule has 0 aromatic heterocycles. The number of nitrogens with two attached hydrogens (primary N) is 2. The summed E-state index contributed by atoms with van der Waals surface area (Å²) >= 11 is 0. The van der Waals surface area contributed by atoms with Gasteiger partial charge in [0, 0.05) is 36.8 Å². The van der Waals surface area contributed by atoms with E-state index in [1.54, 1.807) is 0 Å². The standard InChI is InChI=1S/C12H16FN3O/c13-11-2-1-8(12(15)17)5-9(11)6-16-4-3-10(14)7-16/h1-2,5,10H,3-4,6-7,14H2,(H2,15,17)/t10-/m1/s1. The Bertz CT molecular complexity index is 436. The Kier molecular flexibility index (Phi) is 3.40. The summed E-state index contributed by atoms with van der Waals surface area (Å²) in [5.41, 5.74) is 11.8. The lowest BCUT2D eigenvalue weighted by molar-refractivity contribution is 0.1000. The number of amides is 1. The highest BCUT2D eigenvalue weighted by molar-refractivity contribution is 5.92. The number of likely N-dealkylation sites (tertiary alicyclic amines) is 1. The minimum absolute atomic E-state index is 0.164. The number of hydrogen-bond acceptors (Lipinski definition) is 3. The summed E-state index contributed by atoms with van der Waals surface area (Å²) in [5, 5.41) is 0. The van der Waals surface area contributed by atoms with Gasteiger partial charge in [0.15, 0.2) is 0 Å². The van der Waals surface area contributed by atoms with Gasteiger partial charge < -0.3 is 11.5 Å². The van der Waals surface area contributed by atoms with Gasteiger partial charge in [-0.15, -0.1) is 0 Å². The molecule has 1 saturated heterocycles. The molecule has 5 heteroatoms. The largest absolute Gasteiger partial charge is 0.366 e. The molecule has 1 aromatic carbocycles. The molecule has 1 fully saturated rings. The van der Waals surface area contributed by atoms with Crippen molar-refractivity contribution in [3.05, 3.63) is 35.1 Å². The van der Waals surface area contributed by atoms with Crippen molar-refractivity contribution >= 4 is 5.91 Å². The molecule has 2 rings (SSSR count). The summed E-state index contributed by atoms with van der Waals surface area (Å²) in [5.74, 6) is -0.847. The van der Waals surface area contributed by atoms with Crippen molar-refractivity contribution < 1.29 is 9.18 Å². The lowest BCUT2D eigenvalue weighted by Gasteiger charge is -2.16. The molecule has 17 heavy (non-hydrogen) atoms. The number of primary amides is 1. The Labute approximate surface area is 99.4 Å². The second kappa shape index (κ2) is 4.81. The fourth-order valence-electron chi connectivity index (χ4n) is 2.10. The van der Waals surface area contributed by atoms with Crippen molar-refractivity contribution in [3.8, 4) is 0 Å². The van der Waals surface area contributed by atoms with Crippen molar-refractivity contribution in [2.75, 3.05) is 13.1 Å². The third-order valence-electron chi connectivity index (χ3n) is 3.03. The number of rotatable bonds is 3. The maximum atomic E-state index is 13.6. The zero-order valence-electron chi connectivity index (χ0n) is 9.53. The topological polar surface area (TPSA) is 72.4 Å². The highest BCUT2D eigenvalue weighted by atomic mass is 19.1.